The molecule has 1 fully saturated rings. The van der Waals surface area contributed by atoms with Crippen LogP contribution < -0.4 is 10.2 Å². The van der Waals surface area contributed by atoms with Crippen LogP contribution >= 0.6 is 11.6 Å². The highest BCUT2D eigenvalue weighted by atomic mass is 35.5. The third-order valence-electron chi connectivity index (χ3n) is 5.62. The Morgan fingerprint density at radius 3 is 2.38 bits per heavy atom. The van der Waals surface area contributed by atoms with Gasteiger partial charge in [0.2, 0.25) is 5.91 Å². The van der Waals surface area contributed by atoms with E-state index in [1.807, 2.05) is 42.5 Å². The van der Waals surface area contributed by atoms with Gasteiger partial charge in [0.05, 0.1) is 5.02 Å². The number of amides is 1. The van der Waals surface area contributed by atoms with E-state index in [1.54, 1.807) is 30.5 Å². The van der Waals surface area contributed by atoms with Crippen LogP contribution in [0, 0.1) is 0 Å². The summed E-state index contributed by atoms with van der Waals surface area (Å²) < 4.78 is 0. The minimum Gasteiger partial charge on any atom is -0.354 e. The zero-order chi connectivity index (χ0) is 22.5. The van der Waals surface area contributed by atoms with Crippen molar-refractivity contribution >= 4 is 34.8 Å². The van der Waals surface area contributed by atoms with Gasteiger partial charge in [-0.1, -0.05) is 54.1 Å². The smallest absolute Gasteiger partial charge is 0.246 e. The maximum atomic E-state index is 13.4. The molecule has 7 heteroatoms. The topological polar surface area (TPSA) is 65.5 Å². The number of ketones is 1. The molecule has 1 amide bonds. The summed E-state index contributed by atoms with van der Waals surface area (Å²) in [7, 11) is 0. The Labute approximate surface area is 192 Å². The number of rotatable bonds is 6. The largest absolute Gasteiger partial charge is 0.354 e. The number of nitrogens with zero attached hydrogens (tertiary/aromatic N) is 3. The van der Waals surface area contributed by atoms with Crippen LogP contribution in [0.1, 0.15) is 28.9 Å². The van der Waals surface area contributed by atoms with Crippen LogP contribution in [0.2, 0.25) is 5.02 Å². The monoisotopic (exact) mass is 448 g/mol. The zero-order valence-electron chi connectivity index (χ0n) is 17.9. The number of pyridine rings is 1. The number of aromatic nitrogens is 1. The van der Waals surface area contributed by atoms with Crippen LogP contribution in [0.5, 0.6) is 0 Å². The number of hydrogen-bond donors (Lipinski definition) is 1. The average Bonchev–Trinajstić information content (AvgIpc) is 2.81. The molecule has 32 heavy (non-hydrogen) atoms. The van der Waals surface area contributed by atoms with Crippen LogP contribution in [0.15, 0.2) is 72.9 Å². The Balaban J connectivity index is 1.51. The van der Waals surface area contributed by atoms with Crippen molar-refractivity contribution in [2.75, 3.05) is 36.4 Å². The Hall–Kier alpha value is -3.22. The van der Waals surface area contributed by atoms with E-state index in [0.29, 0.717) is 29.4 Å². The van der Waals surface area contributed by atoms with Crippen LogP contribution in [-0.2, 0) is 4.79 Å². The van der Waals surface area contributed by atoms with Crippen LogP contribution in [0.4, 0.5) is 11.5 Å². The van der Waals surface area contributed by atoms with Crippen molar-refractivity contribution in [3.8, 4) is 0 Å². The third kappa shape index (κ3) is 5.15. The predicted molar refractivity (Wildman–Crippen MR) is 127 cm³/mol. The minimum atomic E-state index is -0.433. The SMILES string of the molecule is CC(=O)c1cccc(NC(=O)C(c2ccccc2)N2CCN(c3ccc(Cl)cn3)CC2)c1. The summed E-state index contributed by atoms with van der Waals surface area (Å²) >= 11 is 5.96. The summed E-state index contributed by atoms with van der Waals surface area (Å²) in [4.78, 5) is 33.9. The fraction of sp³-hybridized carbons (Fsp3) is 0.240. The fourth-order valence-corrected chi connectivity index (χ4v) is 4.07. The van der Waals surface area contributed by atoms with Crippen molar-refractivity contribution in [2.45, 2.75) is 13.0 Å². The lowest BCUT2D eigenvalue weighted by Gasteiger charge is -2.39. The van der Waals surface area contributed by atoms with E-state index < -0.39 is 6.04 Å². The molecule has 1 N–H and O–H groups in total. The first-order valence-electron chi connectivity index (χ1n) is 10.6. The molecule has 0 aliphatic carbocycles. The molecule has 3 aromatic rings. The van der Waals surface area contributed by atoms with Gasteiger partial charge in [-0.15, -0.1) is 0 Å². The van der Waals surface area contributed by atoms with E-state index in [0.717, 1.165) is 24.5 Å². The van der Waals surface area contributed by atoms with Crippen molar-refractivity contribution < 1.29 is 9.59 Å². The van der Waals surface area contributed by atoms with Gasteiger partial charge in [0.1, 0.15) is 11.9 Å². The van der Waals surface area contributed by atoms with E-state index in [1.165, 1.54) is 6.92 Å². The van der Waals surface area contributed by atoms with Gasteiger partial charge in [0, 0.05) is 43.6 Å². The molecular weight excluding hydrogens is 424 g/mol. The Morgan fingerprint density at radius 2 is 1.72 bits per heavy atom. The first-order valence-corrected chi connectivity index (χ1v) is 11.0. The normalized spacial score (nSPS) is 15.2. The molecule has 2 heterocycles. The summed E-state index contributed by atoms with van der Waals surface area (Å²) in [5.74, 6) is 0.735. The number of hydrogen-bond acceptors (Lipinski definition) is 5. The number of Topliss-reactive ketones (excluding diaryl/α,β-unsaturated/α-hetero) is 1. The van der Waals surface area contributed by atoms with E-state index in [2.05, 4.69) is 20.1 Å². The third-order valence-corrected chi connectivity index (χ3v) is 5.84. The number of nitrogens with one attached hydrogen (secondary N) is 1. The number of halogens is 1. The number of piperazine rings is 1. The lowest BCUT2D eigenvalue weighted by atomic mass is 10.0. The second-order valence-electron chi connectivity index (χ2n) is 7.80. The maximum absolute atomic E-state index is 13.4. The average molecular weight is 449 g/mol. The molecule has 0 spiro atoms. The predicted octanol–water partition coefficient (Wildman–Crippen LogP) is 4.44. The highest BCUT2D eigenvalue weighted by molar-refractivity contribution is 6.30. The molecule has 4 rings (SSSR count). The lowest BCUT2D eigenvalue weighted by molar-refractivity contribution is -0.121. The van der Waals surface area contributed by atoms with Gasteiger partial charge in [-0.05, 0) is 36.8 Å². The molecule has 1 aliphatic heterocycles. The molecular formula is C25H25ClN4O2. The molecule has 164 valence electrons. The second kappa shape index (κ2) is 9.94. The van der Waals surface area contributed by atoms with Gasteiger partial charge in [0.15, 0.2) is 5.78 Å². The summed E-state index contributed by atoms with van der Waals surface area (Å²) in [5.41, 5.74) is 2.13. The van der Waals surface area contributed by atoms with E-state index in [-0.39, 0.29) is 11.7 Å². The molecule has 6 nitrogen and oxygen atoms in total. The van der Waals surface area contributed by atoms with Gasteiger partial charge in [-0.3, -0.25) is 14.5 Å². The number of carbonyl (C=O) groups is 2. The summed E-state index contributed by atoms with van der Waals surface area (Å²) in [6.07, 6.45) is 1.65. The van der Waals surface area contributed by atoms with E-state index in [9.17, 15) is 9.59 Å². The van der Waals surface area contributed by atoms with Gasteiger partial charge in [0.25, 0.3) is 0 Å². The van der Waals surface area contributed by atoms with E-state index >= 15 is 0 Å². The molecule has 2 aromatic carbocycles. The van der Waals surface area contributed by atoms with Crippen molar-refractivity contribution in [2.24, 2.45) is 0 Å². The highest BCUT2D eigenvalue weighted by Gasteiger charge is 2.31. The summed E-state index contributed by atoms with van der Waals surface area (Å²) in [6, 6.07) is 20.2. The van der Waals surface area contributed by atoms with Gasteiger partial charge < -0.3 is 10.2 Å². The van der Waals surface area contributed by atoms with Crippen LogP contribution in [-0.4, -0.2) is 47.8 Å². The maximum Gasteiger partial charge on any atom is 0.246 e. The fourth-order valence-electron chi connectivity index (χ4n) is 3.95. The molecule has 1 aliphatic rings. The summed E-state index contributed by atoms with van der Waals surface area (Å²) in [6.45, 7) is 4.45. The lowest BCUT2D eigenvalue weighted by Crippen LogP contribution is -2.50. The van der Waals surface area contributed by atoms with Gasteiger partial charge in [-0.2, -0.15) is 0 Å². The molecule has 1 saturated heterocycles. The molecule has 0 bridgehead atoms. The summed E-state index contributed by atoms with van der Waals surface area (Å²) in [5, 5.41) is 3.62. The molecule has 1 unspecified atom stereocenters. The standard InChI is InChI=1S/C25H25ClN4O2/c1-18(31)20-8-5-9-22(16-20)28-25(32)24(19-6-3-2-4-7-19)30-14-12-29(13-15-30)23-11-10-21(26)17-27-23/h2-11,16-17,24H,12-15H2,1H3,(H,28,32). The van der Waals surface area contributed by atoms with Crippen LogP contribution in [0.25, 0.3) is 0 Å². The highest BCUT2D eigenvalue weighted by Crippen LogP contribution is 2.26. The van der Waals surface area contributed by atoms with Crippen molar-refractivity contribution in [1.29, 1.82) is 0 Å². The number of benzene rings is 2. The van der Waals surface area contributed by atoms with Gasteiger partial charge >= 0.3 is 0 Å². The Kier molecular flexibility index (Phi) is 6.83. The molecule has 0 radical (unpaired) electrons. The van der Waals surface area contributed by atoms with Crippen molar-refractivity contribution in [1.82, 2.24) is 9.88 Å². The van der Waals surface area contributed by atoms with E-state index in [4.69, 9.17) is 11.6 Å². The first-order chi connectivity index (χ1) is 15.5. The minimum absolute atomic E-state index is 0.0346. The van der Waals surface area contributed by atoms with Crippen molar-refractivity contribution in [3.05, 3.63) is 89.1 Å². The Morgan fingerprint density at radius 1 is 0.969 bits per heavy atom. The zero-order valence-corrected chi connectivity index (χ0v) is 18.6. The second-order valence-corrected chi connectivity index (χ2v) is 8.23. The Bertz CT molecular complexity index is 1080. The number of anilines is 2. The number of carbonyl (C=O) groups excluding carboxylic acids is 2. The van der Waals surface area contributed by atoms with Crippen LogP contribution in [0.3, 0.4) is 0 Å². The first kappa shape index (κ1) is 22.0. The molecule has 1 aromatic heterocycles. The molecule has 0 saturated carbocycles. The molecule has 1 atom stereocenters. The van der Waals surface area contributed by atoms with Crippen molar-refractivity contribution in [3.63, 3.8) is 0 Å². The van der Waals surface area contributed by atoms with Gasteiger partial charge in [-0.25, -0.2) is 4.98 Å². The quantitative estimate of drug-likeness (QED) is 0.565.